The Morgan fingerprint density at radius 3 is 1.90 bits per heavy atom. The molecule has 0 aromatic heterocycles. The third-order valence-electron chi connectivity index (χ3n) is 0.806. The van der Waals surface area contributed by atoms with E-state index in [0.717, 1.165) is 0 Å². The standard InChI is InChI=1S/C6H12N2O2/c1-6(7-2-4-9)8-3-5-10/h2-3,6,9-10H,4-5H2,1H3. The Morgan fingerprint density at radius 1 is 1.20 bits per heavy atom. The summed E-state index contributed by atoms with van der Waals surface area (Å²) in [4.78, 5) is 7.59. The normalized spacial score (nSPS) is 15.1. The molecule has 2 N–H and O–H groups in total. The van der Waals surface area contributed by atoms with E-state index in [1.165, 1.54) is 12.4 Å². The number of aliphatic imine (C=N–C) groups is 2. The van der Waals surface area contributed by atoms with Crippen molar-refractivity contribution in [1.82, 2.24) is 0 Å². The minimum Gasteiger partial charge on any atom is -0.391 e. The van der Waals surface area contributed by atoms with Gasteiger partial charge in [-0.05, 0) is 6.92 Å². The second-order valence-electron chi connectivity index (χ2n) is 1.66. The largest absolute Gasteiger partial charge is 0.391 e. The molecule has 0 spiro atoms. The molecule has 0 aromatic rings. The molecule has 0 aliphatic heterocycles. The fraction of sp³-hybridized carbons (Fsp3) is 0.667. The molecule has 4 nitrogen and oxygen atoms in total. The zero-order chi connectivity index (χ0) is 7.82. The number of rotatable bonds is 4. The van der Waals surface area contributed by atoms with Crippen molar-refractivity contribution in [3.8, 4) is 0 Å². The third kappa shape index (κ3) is 5.40. The number of hydrogen-bond acceptors (Lipinski definition) is 4. The van der Waals surface area contributed by atoms with E-state index in [1.807, 2.05) is 0 Å². The van der Waals surface area contributed by atoms with E-state index in [0.29, 0.717) is 0 Å². The lowest BCUT2D eigenvalue weighted by atomic mass is 10.6. The Kier molecular flexibility index (Phi) is 5.91. The molecule has 0 saturated heterocycles. The summed E-state index contributed by atoms with van der Waals surface area (Å²) in [7, 11) is 0. The predicted octanol–water partition coefficient (Wildman–Crippen LogP) is -0.541. The summed E-state index contributed by atoms with van der Waals surface area (Å²) in [5.74, 6) is 0. The lowest BCUT2D eigenvalue weighted by Gasteiger charge is -1.95. The minimum absolute atomic E-state index is 0.0705. The maximum absolute atomic E-state index is 8.29. The Hall–Kier alpha value is -0.740. The second kappa shape index (κ2) is 6.38. The van der Waals surface area contributed by atoms with Gasteiger partial charge in [-0.2, -0.15) is 0 Å². The van der Waals surface area contributed by atoms with Crippen LogP contribution in [0.5, 0.6) is 0 Å². The molecular formula is C6H12N2O2. The summed E-state index contributed by atoms with van der Waals surface area (Å²) in [5, 5.41) is 16.6. The summed E-state index contributed by atoms with van der Waals surface area (Å²) >= 11 is 0. The summed E-state index contributed by atoms with van der Waals surface area (Å²) in [5.41, 5.74) is 0. The molecule has 0 unspecified atom stereocenters. The van der Waals surface area contributed by atoms with Crippen molar-refractivity contribution in [3.05, 3.63) is 0 Å². The van der Waals surface area contributed by atoms with Gasteiger partial charge in [0, 0.05) is 12.4 Å². The van der Waals surface area contributed by atoms with Gasteiger partial charge in [-0.3, -0.25) is 9.98 Å². The fourth-order valence-corrected chi connectivity index (χ4v) is 0.438. The Morgan fingerprint density at radius 2 is 1.60 bits per heavy atom. The first kappa shape index (κ1) is 9.26. The Bertz CT molecular complexity index is 109. The summed E-state index contributed by atoms with van der Waals surface area (Å²) in [6, 6.07) is 0. The maximum Gasteiger partial charge on any atom is 0.136 e. The maximum atomic E-state index is 8.29. The van der Waals surface area contributed by atoms with Gasteiger partial charge in [0.05, 0.1) is 13.2 Å². The molecule has 0 bridgehead atoms. The lowest BCUT2D eigenvalue weighted by molar-refractivity contribution is 0.360. The van der Waals surface area contributed by atoms with Crippen molar-refractivity contribution >= 4 is 12.4 Å². The van der Waals surface area contributed by atoms with E-state index >= 15 is 0 Å². The lowest BCUT2D eigenvalue weighted by Crippen LogP contribution is -1.97. The van der Waals surface area contributed by atoms with Crippen molar-refractivity contribution in [2.24, 2.45) is 9.98 Å². The fourth-order valence-electron chi connectivity index (χ4n) is 0.438. The molecule has 0 aliphatic carbocycles. The smallest absolute Gasteiger partial charge is 0.136 e. The molecule has 0 amide bonds. The van der Waals surface area contributed by atoms with E-state index in [4.69, 9.17) is 10.2 Å². The van der Waals surface area contributed by atoms with Gasteiger partial charge in [0.1, 0.15) is 6.17 Å². The van der Waals surface area contributed by atoms with Crippen LogP contribution in [0.15, 0.2) is 9.98 Å². The van der Waals surface area contributed by atoms with Crippen LogP contribution in [0.1, 0.15) is 6.92 Å². The average molecular weight is 144 g/mol. The average Bonchev–Trinajstić information content (AvgIpc) is 1.97. The van der Waals surface area contributed by atoms with Gasteiger partial charge in [-0.15, -0.1) is 0 Å². The molecule has 58 valence electrons. The number of nitrogens with zero attached hydrogens (tertiary/aromatic N) is 2. The molecule has 10 heavy (non-hydrogen) atoms. The van der Waals surface area contributed by atoms with Crippen LogP contribution in [-0.2, 0) is 0 Å². The van der Waals surface area contributed by atoms with Crippen molar-refractivity contribution in [3.63, 3.8) is 0 Å². The highest BCUT2D eigenvalue weighted by Gasteiger charge is 1.87. The van der Waals surface area contributed by atoms with E-state index in [2.05, 4.69) is 9.98 Å². The Labute approximate surface area is 59.9 Å². The van der Waals surface area contributed by atoms with Crippen LogP contribution >= 0.6 is 0 Å². The van der Waals surface area contributed by atoms with Gasteiger partial charge in [-0.1, -0.05) is 0 Å². The SMILES string of the molecule is CC(N=CCO)N=CCO. The van der Waals surface area contributed by atoms with Crippen molar-refractivity contribution in [2.75, 3.05) is 13.2 Å². The van der Waals surface area contributed by atoms with Gasteiger partial charge in [0.25, 0.3) is 0 Å². The minimum atomic E-state index is -0.209. The monoisotopic (exact) mass is 144 g/mol. The second-order valence-corrected chi connectivity index (χ2v) is 1.66. The molecule has 0 atom stereocenters. The Balaban J connectivity index is 3.52. The summed E-state index contributed by atoms with van der Waals surface area (Å²) in [6.45, 7) is 1.62. The summed E-state index contributed by atoms with van der Waals surface area (Å²) in [6.07, 6.45) is 2.54. The highest BCUT2D eigenvalue weighted by atomic mass is 16.3. The van der Waals surface area contributed by atoms with E-state index < -0.39 is 0 Å². The number of aliphatic hydroxyl groups excluding tert-OH is 2. The first-order valence-electron chi connectivity index (χ1n) is 3.06. The molecule has 0 rings (SSSR count). The predicted molar refractivity (Wildman–Crippen MR) is 40.6 cm³/mol. The van der Waals surface area contributed by atoms with Gasteiger partial charge < -0.3 is 10.2 Å². The zero-order valence-electron chi connectivity index (χ0n) is 5.94. The van der Waals surface area contributed by atoms with E-state index in [9.17, 15) is 0 Å². The van der Waals surface area contributed by atoms with Crippen LogP contribution in [-0.4, -0.2) is 42.0 Å². The molecule has 0 saturated carbocycles. The number of hydrogen-bond donors (Lipinski definition) is 2. The van der Waals surface area contributed by atoms with Crippen molar-refractivity contribution in [1.29, 1.82) is 0 Å². The summed E-state index contributed by atoms with van der Waals surface area (Å²) < 4.78 is 0. The molecule has 4 heteroatoms. The molecule has 0 aromatic carbocycles. The first-order chi connectivity index (χ1) is 4.81. The number of aliphatic hydroxyl groups is 2. The van der Waals surface area contributed by atoms with Gasteiger partial charge >= 0.3 is 0 Å². The van der Waals surface area contributed by atoms with Crippen molar-refractivity contribution in [2.45, 2.75) is 13.1 Å². The first-order valence-corrected chi connectivity index (χ1v) is 3.06. The zero-order valence-corrected chi connectivity index (χ0v) is 5.94. The van der Waals surface area contributed by atoms with Gasteiger partial charge in [-0.25, -0.2) is 0 Å². The molecule has 0 heterocycles. The highest BCUT2D eigenvalue weighted by Crippen LogP contribution is 1.87. The molecule has 0 fully saturated rings. The topological polar surface area (TPSA) is 65.2 Å². The highest BCUT2D eigenvalue weighted by molar-refractivity contribution is 5.60. The van der Waals surface area contributed by atoms with Crippen LogP contribution in [0.2, 0.25) is 0 Å². The van der Waals surface area contributed by atoms with Crippen LogP contribution in [0.4, 0.5) is 0 Å². The van der Waals surface area contributed by atoms with Gasteiger partial charge in [0.2, 0.25) is 0 Å². The van der Waals surface area contributed by atoms with E-state index in [-0.39, 0.29) is 19.4 Å². The van der Waals surface area contributed by atoms with Crippen LogP contribution in [0.3, 0.4) is 0 Å². The van der Waals surface area contributed by atoms with Crippen molar-refractivity contribution < 1.29 is 10.2 Å². The van der Waals surface area contributed by atoms with Crippen LogP contribution in [0.25, 0.3) is 0 Å². The quantitative estimate of drug-likeness (QED) is 0.520. The van der Waals surface area contributed by atoms with Crippen LogP contribution < -0.4 is 0 Å². The molecule has 0 radical (unpaired) electrons. The third-order valence-corrected chi connectivity index (χ3v) is 0.806. The van der Waals surface area contributed by atoms with Crippen LogP contribution in [0, 0.1) is 0 Å². The van der Waals surface area contributed by atoms with Gasteiger partial charge in [0.15, 0.2) is 0 Å². The molecular weight excluding hydrogens is 132 g/mol. The molecule has 0 aliphatic rings. The van der Waals surface area contributed by atoms with E-state index in [1.54, 1.807) is 6.92 Å².